The first kappa shape index (κ1) is 15.4. The van der Waals surface area contributed by atoms with Crippen molar-refractivity contribution in [2.24, 2.45) is 0 Å². The van der Waals surface area contributed by atoms with Gasteiger partial charge in [0.15, 0.2) is 0 Å². The Bertz CT molecular complexity index is 246. The summed E-state index contributed by atoms with van der Waals surface area (Å²) in [5.74, 6) is 0.248. The molecule has 0 saturated carbocycles. The van der Waals surface area contributed by atoms with E-state index >= 15 is 0 Å². The second-order valence-electron chi connectivity index (χ2n) is 4.98. The SMILES string of the molecule is CCCOCCC(=O)N1CC(CC)NCC1CC. The van der Waals surface area contributed by atoms with Crippen LogP contribution in [0.15, 0.2) is 0 Å². The number of amides is 1. The van der Waals surface area contributed by atoms with Gasteiger partial charge >= 0.3 is 0 Å². The van der Waals surface area contributed by atoms with Crippen LogP contribution in [-0.4, -0.2) is 49.2 Å². The fraction of sp³-hybridized carbons (Fsp3) is 0.929. The minimum Gasteiger partial charge on any atom is -0.381 e. The zero-order valence-electron chi connectivity index (χ0n) is 12.1. The average Bonchev–Trinajstić information content (AvgIpc) is 2.42. The Morgan fingerprint density at radius 1 is 1.28 bits per heavy atom. The van der Waals surface area contributed by atoms with Gasteiger partial charge in [0.05, 0.1) is 13.0 Å². The summed E-state index contributed by atoms with van der Waals surface area (Å²) in [6, 6.07) is 0.805. The first-order chi connectivity index (χ1) is 8.72. The molecule has 1 N–H and O–H groups in total. The molecule has 2 atom stereocenters. The van der Waals surface area contributed by atoms with Crippen LogP contribution in [0.4, 0.5) is 0 Å². The molecule has 0 aromatic rings. The van der Waals surface area contributed by atoms with E-state index in [1.165, 1.54) is 0 Å². The Hall–Kier alpha value is -0.610. The number of carbonyl (C=O) groups is 1. The van der Waals surface area contributed by atoms with Crippen molar-refractivity contribution < 1.29 is 9.53 Å². The summed E-state index contributed by atoms with van der Waals surface area (Å²) in [5.41, 5.74) is 0. The van der Waals surface area contributed by atoms with Crippen molar-refractivity contribution in [3.8, 4) is 0 Å². The number of nitrogens with one attached hydrogen (secondary N) is 1. The molecule has 1 aliphatic rings. The Balaban J connectivity index is 2.40. The summed E-state index contributed by atoms with van der Waals surface area (Å²) in [7, 11) is 0. The van der Waals surface area contributed by atoms with E-state index in [1.54, 1.807) is 0 Å². The molecule has 0 aromatic carbocycles. The standard InChI is InChI=1S/C14H28N2O2/c1-4-8-18-9-7-14(17)16-11-12(5-2)15-10-13(16)6-3/h12-13,15H,4-11H2,1-3H3. The highest BCUT2D eigenvalue weighted by atomic mass is 16.5. The van der Waals surface area contributed by atoms with E-state index in [4.69, 9.17) is 4.74 Å². The van der Waals surface area contributed by atoms with Gasteiger partial charge in [0.25, 0.3) is 0 Å². The first-order valence-electron chi connectivity index (χ1n) is 7.33. The smallest absolute Gasteiger partial charge is 0.225 e. The van der Waals surface area contributed by atoms with Gasteiger partial charge < -0.3 is 15.0 Å². The number of hydrogen-bond donors (Lipinski definition) is 1. The molecule has 18 heavy (non-hydrogen) atoms. The number of ether oxygens (including phenoxy) is 1. The quantitative estimate of drug-likeness (QED) is 0.706. The lowest BCUT2D eigenvalue weighted by atomic mass is 10.0. The molecular formula is C14H28N2O2. The van der Waals surface area contributed by atoms with Crippen molar-refractivity contribution >= 4 is 5.91 Å². The molecule has 1 aliphatic heterocycles. The first-order valence-corrected chi connectivity index (χ1v) is 7.33. The normalized spacial score (nSPS) is 24.3. The van der Waals surface area contributed by atoms with Crippen LogP contribution in [0, 0.1) is 0 Å². The lowest BCUT2D eigenvalue weighted by Gasteiger charge is -2.40. The lowest BCUT2D eigenvalue weighted by Crippen LogP contribution is -2.58. The van der Waals surface area contributed by atoms with Gasteiger partial charge in [-0.1, -0.05) is 20.8 Å². The van der Waals surface area contributed by atoms with Gasteiger partial charge in [-0.3, -0.25) is 4.79 Å². The fourth-order valence-corrected chi connectivity index (χ4v) is 2.36. The lowest BCUT2D eigenvalue weighted by molar-refractivity contribution is -0.136. The van der Waals surface area contributed by atoms with Gasteiger partial charge in [0.2, 0.25) is 5.91 Å². The van der Waals surface area contributed by atoms with Crippen LogP contribution < -0.4 is 5.32 Å². The van der Waals surface area contributed by atoms with E-state index in [1.807, 2.05) is 0 Å². The van der Waals surface area contributed by atoms with Gasteiger partial charge in [-0.25, -0.2) is 0 Å². The third kappa shape index (κ3) is 4.58. The van der Waals surface area contributed by atoms with Crippen LogP contribution in [0.1, 0.15) is 46.5 Å². The maximum atomic E-state index is 12.2. The number of rotatable bonds is 7. The van der Waals surface area contributed by atoms with Crippen molar-refractivity contribution in [1.29, 1.82) is 0 Å². The molecule has 4 nitrogen and oxygen atoms in total. The number of piperazine rings is 1. The largest absolute Gasteiger partial charge is 0.381 e. The molecule has 2 unspecified atom stereocenters. The average molecular weight is 256 g/mol. The molecule has 1 fully saturated rings. The molecule has 0 radical (unpaired) electrons. The monoisotopic (exact) mass is 256 g/mol. The van der Waals surface area contributed by atoms with E-state index in [2.05, 4.69) is 31.0 Å². The predicted molar refractivity (Wildman–Crippen MR) is 73.6 cm³/mol. The Morgan fingerprint density at radius 2 is 2.06 bits per heavy atom. The van der Waals surface area contributed by atoms with Crippen molar-refractivity contribution in [2.75, 3.05) is 26.3 Å². The van der Waals surface area contributed by atoms with Crippen LogP contribution in [-0.2, 0) is 9.53 Å². The van der Waals surface area contributed by atoms with Crippen molar-refractivity contribution in [3.05, 3.63) is 0 Å². The van der Waals surface area contributed by atoms with Crippen LogP contribution >= 0.6 is 0 Å². The number of hydrogen-bond acceptors (Lipinski definition) is 3. The minimum absolute atomic E-state index is 0.248. The number of carbonyl (C=O) groups excluding carboxylic acids is 1. The number of nitrogens with zero attached hydrogens (tertiary/aromatic N) is 1. The zero-order valence-corrected chi connectivity index (χ0v) is 12.1. The second kappa shape index (κ2) is 8.48. The Kier molecular flexibility index (Phi) is 7.28. The maximum Gasteiger partial charge on any atom is 0.225 e. The summed E-state index contributed by atoms with van der Waals surface area (Å²) in [5, 5.41) is 3.51. The molecule has 1 saturated heterocycles. The molecule has 0 aliphatic carbocycles. The van der Waals surface area contributed by atoms with E-state index in [9.17, 15) is 4.79 Å². The molecule has 1 heterocycles. The highest BCUT2D eigenvalue weighted by Crippen LogP contribution is 2.13. The van der Waals surface area contributed by atoms with Crippen molar-refractivity contribution in [2.45, 2.75) is 58.5 Å². The van der Waals surface area contributed by atoms with Gasteiger partial charge in [-0.05, 0) is 19.3 Å². The summed E-state index contributed by atoms with van der Waals surface area (Å²) < 4.78 is 5.40. The van der Waals surface area contributed by atoms with Crippen LogP contribution in [0.25, 0.3) is 0 Å². The van der Waals surface area contributed by atoms with E-state index in [-0.39, 0.29) is 5.91 Å². The fourth-order valence-electron chi connectivity index (χ4n) is 2.36. The Labute approximate surface area is 111 Å². The molecule has 1 rings (SSSR count). The highest BCUT2D eigenvalue weighted by Gasteiger charge is 2.28. The van der Waals surface area contributed by atoms with E-state index < -0.39 is 0 Å². The third-order valence-electron chi connectivity index (χ3n) is 3.59. The molecular weight excluding hydrogens is 228 g/mol. The Morgan fingerprint density at radius 3 is 2.67 bits per heavy atom. The molecule has 0 aromatic heterocycles. The van der Waals surface area contributed by atoms with Crippen LogP contribution in [0.3, 0.4) is 0 Å². The van der Waals surface area contributed by atoms with Gasteiger partial charge in [-0.15, -0.1) is 0 Å². The molecule has 0 spiro atoms. The van der Waals surface area contributed by atoms with Gasteiger partial charge in [0, 0.05) is 31.8 Å². The maximum absolute atomic E-state index is 12.2. The highest BCUT2D eigenvalue weighted by molar-refractivity contribution is 5.76. The second-order valence-corrected chi connectivity index (χ2v) is 4.98. The molecule has 4 heteroatoms. The van der Waals surface area contributed by atoms with E-state index in [0.717, 1.165) is 39.0 Å². The van der Waals surface area contributed by atoms with Gasteiger partial charge in [0.1, 0.15) is 0 Å². The minimum atomic E-state index is 0.248. The van der Waals surface area contributed by atoms with Crippen LogP contribution in [0.5, 0.6) is 0 Å². The van der Waals surface area contributed by atoms with Gasteiger partial charge in [-0.2, -0.15) is 0 Å². The van der Waals surface area contributed by atoms with Crippen LogP contribution in [0.2, 0.25) is 0 Å². The third-order valence-corrected chi connectivity index (χ3v) is 3.59. The summed E-state index contributed by atoms with van der Waals surface area (Å²) in [4.78, 5) is 14.3. The predicted octanol–water partition coefficient (Wildman–Crippen LogP) is 1.79. The molecule has 106 valence electrons. The summed E-state index contributed by atoms with van der Waals surface area (Å²) in [6.07, 6.45) is 3.63. The summed E-state index contributed by atoms with van der Waals surface area (Å²) >= 11 is 0. The molecule has 0 bridgehead atoms. The zero-order chi connectivity index (χ0) is 13.4. The van der Waals surface area contributed by atoms with E-state index in [0.29, 0.717) is 25.1 Å². The van der Waals surface area contributed by atoms with Crippen molar-refractivity contribution in [1.82, 2.24) is 10.2 Å². The summed E-state index contributed by atoms with van der Waals surface area (Å²) in [6.45, 7) is 9.48. The van der Waals surface area contributed by atoms with Crippen molar-refractivity contribution in [3.63, 3.8) is 0 Å². The molecule has 1 amide bonds. The topological polar surface area (TPSA) is 41.6 Å².